The highest BCUT2D eigenvalue weighted by Crippen LogP contribution is 2.22. The summed E-state index contributed by atoms with van der Waals surface area (Å²) in [6.07, 6.45) is 3.59. The van der Waals surface area contributed by atoms with Crippen molar-refractivity contribution in [3.05, 3.63) is 53.8 Å². The summed E-state index contributed by atoms with van der Waals surface area (Å²) in [6.45, 7) is 6.57. The molecule has 0 saturated carbocycles. The minimum atomic E-state index is -0.261. The summed E-state index contributed by atoms with van der Waals surface area (Å²) in [4.78, 5) is 0. The zero-order valence-corrected chi connectivity index (χ0v) is 14.7. The van der Waals surface area contributed by atoms with E-state index in [9.17, 15) is 4.39 Å². The van der Waals surface area contributed by atoms with E-state index >= 15 is 0 Å². The van der Waals surface area contributed by atoms with Crippen LogP contribution in [0.1, 0.15) is 50.6 Å². The second-order valence-electron chi connectivity index (χ2n) is 6.19. The number of nitrogens with zero attached hydrogens (tertiary/aromatic N) is 4. The molecule has 3 aromatic rings. The fourth-order valence-corrected chi connectivity index (χ4v) is 2.55. The van der Waals surface area contributed by atoms with Gasteiger partial charge in [0.1, 0.15) is 5.82 Å². The molecule has 0 unspecified atom stereocenters. The molecule has 7 heteroatoms. The summed E-state index contributed by atoms with van der Waals surface area (Å²) in [5, 5.41) is 15.8. The van der Waals surface area contributed by atoms with E-state index in [0.717, 1.165) is 29.9 Å². The molecular weight excluding hydrogens is 321 g/mol. The number of halogens is 1. The average Bonchev–Trinajstić information content (AvgIpc) is 3.21. The third-order valence-corrected chi connectivity index (χ3v) is 3.83. The van der Waals surface area contributed by atoms with Crippen LogP contribution in [-0.2, 0) is 13.0 Å². The molecule has 1 aromatic carbocycles. The molecule has 0 atom stereocenters. The predicted octanol–water partition coefficient (Wildman–Crippen LogP) is 4.08. The van der Waals surface area contributed by atoms with Crippen LogP contribution in [0.2, 0.25) is 0 Å². The van der Waals surface area contributed by atoms with Crippen molar-refractivity contribution in [2.45, 2.75) is 46.1 Å². The van der Waals surface area contributed by atoms with Crippen LogP contribution < -0.4 is 5.32 Å². The van der Waals surface area contributed by atoms with Crippen LogP contribution in [0.3, 0.4) is 0 Å². The maximum atomic E-state index is 13.2. The van der Waals surface area contributed by atoms with Gasteiger partial charge in [-0.05, 0) is 30.7 Å². The summed E-state index contributed by atoms with van der Waals surface area (Å²) in [5.74, 6) is 1.12. The van der Waals surface area contributed by atoms with Crippen molar-refractivity contribution >= 4 is 5.69 Å². The van der Waals surface area contributed by atoms with E-state index in [1.165, 1.54) is 12.1 Å². The first-order chi connectivity index (χ1) is 12.1. The Morgan fingerprint density at radius 1 is 1.20 bits per heavy atom. The lowest BCUT2D eigenvalue weighted by Gasteiger charge is -2.09. The molecule has 0 aliphatic heterocycles. The van der Waals surface area contributed by atoms with Crippen molar-refractivity contribution in [2.24, 2.45) is 0 Å². The molecule has 0 radical (unpaired) electrons. The fourth-order valence-electron chi connectivity index (χ4n) is 2.55. The molecule has 25 heavy (non-hydrogen) atoms. The molecule has 2 aromatic heterocycles. The summed E-state index contributed by atoms with van der Waals surface area (Å²) in [5.41, 5.74) is 2.78. The van der Waals surface area contributed by atoms with Gasteiger partial charge in [0.2, 0.25) is 11.8 Å². The lowest BCUT2D eigenvalue weighted by atomic mass is 10.2. The molecule has 3 rings (SSSR count). The van der Waals surface area contributed by atoms with Crippen LogP contribution in [0.15, 0.2) is 34.9 Å². The number of aromatic nitrogens is 4. The Balaban J connectivity index is 1.80. The van der Waals surface area contributed by atoms with Crippen LogP contribution in [0.25, 0.3) is 5.69 Å². The number of hydrogen-bond acceptors (Lipinski definition) is 5. The van der Waals surface area contributed by atoms with E-state index in [4.69, 9.17) is 4.42 Å². The van der Waals surface area contributed by atoms with Gasteiger partial charge in [-0.2, -0.15) is 5.10 Å². The Morgan fingerprint density at radius 3 is 2.60 bits per heavy atom. The molecule has 0 aliphatic carbocycles. The van der Waals surface area contributed by atoms with Gasteiger partial charge in [0.25, 0.3) is 0 Å². The largest absolute Gasteiger partial charge is 0.423 e. The number of benzene rings is 1. The summed E-state index contributed by atoms with van der Waals surface area (Å²) in [7, 11) is 0. The molecule has 6 nitrogen and oxygen atoms in total. The summed E-state index contributed by atoms with van der Waals surface area (Å²) < 4.78 is 20.6. The van der Waals surface area contributed by atoms with Crippen LogP contribution in [0, 0.1) is 5.82 Å². The van der Waals surface area contributed by atoms with E-state index in [0.29, 0.717) is 18.3 Å². The molecule has 0 amide bonds. The molecule has 2 heterocycles. The van der Waals surface area contributed by atoms with Gasteiger partial charge in [-0.1, -0.05) is 27.2 Å². The first-order valence-corrected chi connectivity index (χ1v) is 8.47. The van der Waals surface area contributed by atoms with Crippen molar-refractivity contribution in [3.8, 4) is 5.69 Å². The van der Waals surface area contributed by atoms with Gasteiger partial charge in [-0.25, -0.2) is 9.07 Å². The number of nitrogens with one attached hydrogen (secondary N) is 1. The van der Waals surface area contributed by atoms with Crippen LogP contribution in [-0.4, -0.2) is 20.0 Å². The third-order valence-electron chi connectivity index (χ3n) is 3.83. The molecule has 0 bridgehead atoms. The van der Waals surface area contributed by atoms with E-state index in [-0.39, 0.29) is 11.7 Å². The summed E-state index contributed by atoms with van der Waals surface area (Å²) in [6, 6.07) is 6.31. The van der Waals surface area contributed by atoms with Crippen molar-refractivity contribution < 1.29 is 8.81 Å². The molecule has 0 saturated heterocycles. The third kappa shape index (κ3) is 3.87. The zero-order valence-electron chi connectivity index (χ0n) is 14.7. The average molecular weight is 343 g/mol. The van der Waals surface area contributed by atoms with Gasteiger partial charge < -0.3 is 9.73 Å². The SMILES string of the molecule is CCCc1c(NCc2nnc(C(C)C)o2)cnn1-c1ccc(F)cc1. The Kier molecular flexibility index (Phi) is 5.11. The highest BCUT2D eigenvalue weighted by Gasteiger charge is 2.14. The second-order valence-corrected chi connectivity index (χ2v) is 6.19. The highest BCUT2D eigenvalue weighted by molar-refractivity contribution is 5.50. The molecule has 0 fully saturated rings. The Bertz CT molecular complexity index is 822. The van der Waals surface area contributed by atoms with Crippen LogP contribution >= 0.6 is 0 Å². The number of anilines is 1. The first-order valence-electron chi connectivity index (χ1n) is 8.47. The molecule has 132 valence electrons. The lowest BCUT2D eigenvalue weighted by molar-refractivity contribution is 0.437. The zero-order chi connectivity index (χ0) is 17.8. The first kappa shape index (κ1) is 17.1. The smallest absolute Gasteiger partial charge is 0.235 e. The van der Waals surface area contributed by atoms with E-state index in [1.54, 1.807) is 18.3 Å². The highest BCUT2D eigenvalue weighted by atomic mass is 19.1. The molecule has 0 aliphatic rings. The minimum absolute atomic E-state index is 0.207. The molecule has 1 N–H and O–H groups in total. The van der Waals surface area contributed by atoms with Gasteiger partial charge in [-0.15, -0.1) is 10.2 Å². The monoisotopic (exact) mass is 343 g/mol. The Hall–Kier alpha value is -2.70. The van der Waals surface area contributed by atoms with E-state index in [2.05, 4.69) is 27.5 Å². The van der Waals surface area contributed by atoms with Crippen molar-refractivity contribution in [1.82, 2.24) is 20.0 Å². The van der Waals surface area contributed by atoms with E-state index < -0.39 is 0 Å². The maximum Gasteiger partial charge on any atom is 0.235 e. The van der Waals surface area contributed by atoms with Gasteiger partial charge in [-0.3, -0.25) is 0 Å². The fraction of sp³-hybridized carbons (Fsp3) is 0.389. The lowest BCUT2D eigenvalue weighted by Crippen LogP contribution is -2.06. The van der Waals surface area contributed by atoms with Crippen molar-refractivity contribution in [1.29, 1.82) is 0 Å². The Morgan fingerprint density at radius 2 is 1.96 bits per heavy atom. The number of hydrogen-bond donors (Lipinski definition) is 1. The minimum Gasteiger partial charge on any atom is -0.423 e. The molecular formula is C18H22FN5O. The maximum absolute atomic E-state index is 13.2. The van der Waals surface area contributed by atoms with Gasteiger partial charge in [0, 0.05) is 5.92 Å². The normalized spacial score (nSPS) is 11.2. The van der Waals surface area contributed by atoms with Crippen LogP contribution in [0.4, 0.5) is 10.1 Å². The van der Waals surface area contributed by atoms with Crippen LogP contribution in [0.5, 0.6) is 0 Å². The van der Waals surface area contributed by atoms with Gasteiger partial charge >= 0.3 is 0 Å². The Labute approximate surface area is 146 Å². The number of rotatable bonds is 7. The molecule has 0 spiro atoms. The summed E-state index contributed by atoms with van der Waals surface area (Å²) >= 11 is 0. The predicted molar refractivity (Wildman–Crippen MR) is 93.2 cm³/mol. The second kappa shape index (κ2) is 7.46. The van der Waals surface area contributed by atoms with Crippen molar-refractivity contribution in [2.75, 3.05) is 5.32 Å². The van der Waals surface area contributed by atoms with Gasteiger partial charge in [0.05, 0.1) is 29.8 Å². The topological polar surface area (TPSA) is 68.8 Å². The quantitative estimate of drug-likeness (QED) is 0.700. The van der Waals surface area contributed by atoms with E-state index in [1.807, 2.05) is 18.5 Å². The van der Waals surface area contributed by atoms with Gasteiger partial charge in [0.15, 0.2) is 0 Å². The van der Waals surface area contributed by atoms with Crippen molar-refractivity contribution in [3.63, 3.8) is 0 Å². The standard InChI is InChI=1S/C18H22FN5O/c1-4-5-16-15(20-11-17-22-23-18(25-17)12(2)3)10-21-24(16)14-8-6-13(19)7-9-14/h6-10,12,20H,4-5,11H2,1-3H3.